The largest absolute Gasteiger partial charge is 0.317 e. The van der Waals surface area contributed by atoms with Crippen molar-refractivity contribution in [2.45, 2.75) is 44.9 Å². The summed E-state index contributed by atoms with van der Waals surface area (Å²) in [5.74, 6) is 0.790. The van der Waals surface area contributed by atoms with Gasteiger partial charge in [0, 0.05) is 37.6 Å². The molecule has 0 spiro atoms. The Labute approximate surface area is 143 Å². The van der Waals surface area contributed by atoms with Crippen LogP contribution in [0.25, 0.3) is 0 Å². The van der Waals surface area contributed by atoms with E-state index in [2.05, 4.69) is 32.5 Å². The van der Waals surface area contributed by atoms with E-state index in [-0.39, 0.29) is 0 Å². The number of likely N-dealkylation sites (N-methyl/N-ethyl adjacent to an activating group) is 1. The van der Waals surface area contributed by atoms with E-state index in [0.29, 0.717) is 19.0 Å². The van der Waals surface area contributed by atoms with Gasteiger partial charge in [-0.25, -0.2) is 9.37 Å². The standard InChI is InChI=1S/C17H29FN4S/c1-13-20-16(12-23-13)10-22-9-15(18)7-17(22)11-21(2)8-14-3-5-19-6-4-14/h12,14-15,17,19H,3-11H2,1-2H3/t15-,17-/m0/s1. The van der Waals surface area contributed by atoms with Gasteiger partial charge in [-0.15, -0.1) is 11.3 Å². The van der Waals surface area contributed by atoms with Crippen molar-refractivity contribution < 1.29 is 4.39 Å². The molecule has 2 atom stereocenters. The van der Waals surface area contributed by atoms with Gasteiger partial charge in [0.2, 0.25) is 0 Å². The summed E-state index contributed by atoms with van der Waals surface area (Å²) in [7, 11) is 2.19. The van der Waals surface area contributed by atoms with Crippen molar-refractivity contribution in [2.24, 2.45) is 5.92 Å². The average molecular weight is 341 g/mol. The maximum Gasteiger partial charge on any atom is 0.114 e. The van der Waals surface area contributed by atoms with E-state index in [9.17, 15) is 4.39 Å². The minimum atomic E-state index is -0.688. The minimum Gasteiger partial charge on any atom is -0.317 e. The zero-order valence-corrected chi connectivity index (χ0v) is 15.1. The van der Waals surface area contributed by atoms with Gasteiger partial charge >= 0.3 is 0 Å². The van der Waals surface area contributed by atoms with Gasteiger partial charge in [-0.2, -0.15) is 0 Å². The highest BCUT2D eigenvalue weighted by molar-refractivity contribution is 7.09. The van der Waals surface area contributed by atoms with Gasteiger partial charge in [0.05, 0.1) is 10.7 Å². The highest BCUT2D eigenvalue weighted by Gasteiger charge is 2.33. The molecular formula is C17H29FN4S. The number of alkyl halides is 1. The molecule has 0 saturated carbocycles. The molecule has 2 aliphatic rings. The number of nitrogens with one attached hydrogen (secondary N) is 1. The number of nitrogens with zero attached hydrogens (tertiary/aromatic N) is 3. The Morgan fingerprint density at radius 2 is 2.17 bits per heavy atom. The van der Waals surface area contributed by atoms with Crippen molar-refractivity contribution in [3.63, 3.8) is 0 Å². The van der Waals surface area contributed by atoms with E-state index in [0.717, 1.165) is 49.3 Å². The van der Waals surface area contributed by atoms with Crippen LogP contribution >= 0.6 is 11.3 Å². The average Bonchev–Trinajstić information content (AvgIpc) is 3.06. The molecule has 130 valence electrons. The summed E-state index contributed by atoms with van der Waals surface area (Å²) in [6, 6.07) is 0.318. The number of thiazole rings is 1. The molecule has 4 nitrogen and oxygen atoms in total. The van der Waals surface area contributed by atoms with E-state index >= 15 is 0 Å². The van der Waals surface area contributed by atoms with Crippen molar-refractivity contribution in [1.29, 1.82) is 0 Å². The lowest BCUT2D eigenvalue weighted by Crippen LogP contribution is -2.41. The lowest BCUT2D eigenvalue weighted by Gasteiger charge is -2.31. The van der Waals surface area contributed by atoms with Crippen LogP contribution in [-0.2, 0) is 6.54 Å². The van der Waals surface area contributed by atoms with Gasteiger partial charge in [0.25, 0.3) is 0 Å². The number of likely N-dealkylation sites (tertiary alicyclic amines) is 1. The van der Waals surface area contributed by atoms with Crippen molar-refractivity contribution in [3.8, 4) is 0 Å². The smallest absolute Gasteiger partial charge is 0.114 e. The van der Waals surface area contributed by atoms with Crippen LogP contribution in [0.1, 0.15) is 30.0 Å². The first-order chi connectivity index (χ1) is 11.1. The lowest BCUT2D eigenvalue weighted by atomic mass is 9.97. The molecule has 0 unspecified atom stereocenters. The van der Waals surface area contributed by atoms with Crippen LogP contribution in [0.5, 0.6) is 0 Å². The van der Waals surface area contributed by atoms with Gasteiger partial charge in [-0.3, -0.25) is 4.90 Å². The Morgan fingerprint density at radius 1 is 1.39 bits per heavy atom. The molecule has 0 aliphatic carbocycles. The molecule has 2 fully saturated rings. The third-order valence-electron chi connectivity index (χ3n) is 5.06. The highest BCUT2D eigenvalue weighted by Crippen LogP contribution is 2.24. The summed E-state index contributed by atoms with van der Waals surface area (Å²) in [6.45, 7) is 7.76. The van der Waals surface area contributed by atoms with Crippen LogP contribution in [-0.4, -0.2) is 66.8 Å². The van der Waals surface area contributed by atoms with E-state index < -0.39 is 6.17 Å². The predicted molar refractivity (Wildman–Crippen MR) is 93.7 cm³/mol. The van der Waals surface area contributed by atoms with Crippen LogP contribution in [0.4, 0.5) is 4.39 Å². The van der Waals surface area contributed by atoms with Gasteiger partial charge in [-0.05, 0) is 52.2 Å². The van der Waals surface area contributed by atoms with Crippen LogP contribution in [0.2, 0.25) is 0 Å². The monoisotopic (exact) mass is 340 g/mol. The number of aryl methyl sites for hydroxylation is 1. The number of hydrogen-bond donors (Lipinski definition) is 1. The first kappa shape index (κ1) is 17.3. The summed E-state index contributed by atoms with van der Waals surface area (Å²) in [5, 5.41) is 6.62. The third-order valence-corrected chi connectivity index (χ3v) is 5.88. The Kier molecular flexibility index (Phi) is 6.01. The zero-order valence-electron chi connectivity index (χ0n) is 14.3. The van der Waals surface area contributed by atoms with Crippen molar-refractivity contribution in [2.75, 3.05) is 39.8 Å². The lowest BCUT2D eigenvalue weighted by molar-refractivity contribution is 0.162. The SMILES string of the molecule is Cc1nc(CN2C[C@@H](F)C[C@H]2CN(C)CC2CCNCC2)cs1. The molecule has 1 aromatic heterocycles. The molecule has 6 heteroatoms. The maximum atomic E-state index is 14.0. The summed E-state index contributed by atoms with van der Waals surface area (Å²) < 4.78 is 14.0. The maximum absolute atomic E-state index is 14.0. The molecule has 0 amide bonds. The Bertz CT molecular complexity index is 489. The molecule has 0 bridgehead atoms. The number of halogens is 1. The quantitative estimate of drug-likeness (QED) is 0.861. The molecule has 0 radical (unpaired) electrons. The molecule has 1 N–H and O–H groups in total. The zero-order chi connectivity index (χ0) is 16.2. The van der Waals surface area contributed by atoms with E-state index in [1.54, 1.807) is 11.3 Å². The van der Waals surface area contributed by atoms with Gasteiger partial charge in [-0.1, -0.05) is 0 Å². The van der Waals surface area contributed by atoms with E-state index in [4.69, 9.17) is 0 Å². The molecule has 2 aliphatic heterocycles. The molecular weight excluding hydrogens is 311 g/mol. The van der Waals surface area contributed by atoms with Gasteiger partial charge in [0.15, 0.2) is 0 Å². The predicted octanol–water partition coefficient (Wildman–Crippen LogP) is 2.30. The van der Waals surface area contributed by atoms with E-state index in [1.165, 1.54) is 12.8 Å². The van der Waals surface area contributed by atoms with Crippen LogP contribution in [0, 0.1) is 12.8 Å². The fraction of sp³-hybridized carbons (Fsp3) is 0.824. The van der Waals surface area contributed by atoms with Crippen molar-refractivity contribution in [1.82, 2.24) is 20.1 Å². The summed E-state index contributed by atoms with van der Waals surface area (Å²) in [6.07, 6.45) is 2.51. The van der Waals surface area contributed by atoms with Crippen LogP contribution in [0.3, 0.4) is 0 Å². The molecule has 3 rings (SSSR count). The second-order valence-corrected chi connectivity index (χ2v) is 8.25. The Balaban J connectivity index is 1.51. The van der Waals surface area contributed by atoms with Crippen LogP contribution in [0.15, 0.2) is 5.38 Å². The van der Waals surface area contributed by atoms with E-state index in [1.807, 2.05) is 6.92 Å². The number of rotatable bonds is 6. The minimum absolute atomic E-state index is 0.318. The normalized spacial score (nSPS) is 27.1. The fourth-order valence-electron chi connectivity index (χ4n) is 3.93. The van der Waals surface area contributed by atoms with Crippen molar-refractivity contribution in [3.05, 3.63) is 16.1 Å². The summed E-state index contributed by atoms with van der Waals surface area (Å²) in [4.78, 5) is 9.24. The van der Waals surface area contributed by atoms with Gasteiger partial charge < -0.3 is 10.2 Å². The second kappa shape index (κ2) is 8.01. The number of piperidine rings is 1. The number of hydrogen-bond acceptors (Lipinski definition) is 5. The van der Waals surface area contributed by atoms with Crippen LogP contribution < -0.4 is 5.32 Å². The third kappa shape index (κ3) is 4.95. The molecule has 2 saturated heterocycles. The highest BCUT2D eigenvalue weighted by atomic mass is 32.1. The molecule has 1 aromatic rings. The first-order valence-corrected chi connectivity index (χ1v) is 9.66. The second-order valence-electron chi connectivity index (χ2n) is 7.19. The van der Waals surface area contributed by atoms with Gasteiger partial charge in [0.1, 0.15) is 6.17 Å². The molecule has 3 heterocycles. The first-order valence-electron chi connectivity index (χ1n) is 8.78. The van der Waals surface area contributed by atoms with Crippen molar-refractivity contribution >= 4 is 11.3 Å². The molecule has 23 heavy (non-hydrogen) atoms. The fourth-order valence-corrected chi connectivity index (χ4v) is 4.54. The topological polar surface area (TPSA) is 31.4 Å². The summed E-state index contributed by atoms with van der Waals surface area (Å²) in [5.41, 5.74) is 1.09. The molecule has 0 aromatic carbocycles. The number of aromatic nitrogens is 1. The Hall–Kier alpha value is -0.560. The Morgan fingerprint density at radius 3 is 2.87 bits per heavy atom. The summed E-state index contributed by atoms with van der Waals surface area (Å²) >= 11 is 1.68.